The van der Waals surface area contributed by atoms with Crippen molar-refractivity contribution >= 4 is 0 Å². The zero-order valence-electron chi connectivity index (χ0n) is 8.04. The molecule has 1 rings (SSSR count). The van der Waals surface area contributed by atoms with Gasteiger partial charge in [-0.15, -0.1) is 0 Å². The maximum atomic E-state index is 8.42. The normalized spacial score (nSPS) is 9.62. The van der Waals surface area contributed by atoms with E-state index in [2.05, 4.69) is 23.0 Å². The van der Waals surface area contributed by atoms with Crippen LogP contribution in [0.15, 0.2) is 6.07 Å². The summed E-state index contributed by atoms with van der Waals surface area (Å²) in [5.41, 5.74) is 2.04. The summed E-state index contributed by atoms with van der Waals surface area (Å²) in [5.74, 6) is 0.790. The van der Waals surface area contributed by atoms with Crippen molar-refractivity contribution in [3.05, 3.63) is 23.3 Å². The third kappa shape index (κ3) is 2.83. The molecule has 1 heterocycles. The van der Waals surface area contributed by atoms with Gasteiger partial charge in [-0.2, -0.15) is 5.26 Å². The summed E-state index contributed by atoms with van der Waals surface area (Å²) in [4.78, 5) is 8.58. The van der Waals surface area contributed by atoms with Crippen LogP contribution in [-0.2, 0) is 12.8 Å². The highest BCUT2D eigenvalue weighted by Gasteiger charge is 2.00. The van der Waals surface area contributed by atoms with Gasteiger partial charge in [-0.3, -0.25) is 0 Å². The van der Waals surface area contributed by atoms with E-state index in [4.69, 9.17) is 5.26 Å². The molecule has 13 heavy (non-hydrogen) atoms. The summed E-state index contributed by atoms with van der Waals surface area (Å²) < 4.78 is 0. The Kier molecular flexibility index (Phi) is 3.39. The van der Waals surface area contributed by atoms with Gasteiger partial charge in [0.2, 0.25) is 0 Å². The van der Waals surface area contributed by atoms with Gasteiger partial charge in [-0.1, -0.05) is 6.92 Å². The van der Waals surface area contributed by atoms with E-state index in [1.807, 2.05) is 13.0 Å². The molecule has 0 aliphatic carbocycles. The first-order valence-corrected chi connectivity index (χ1v) is 4.46. The molecule has 0 radical (unpaired) electrons. The van der Waals surface area contributed by atoms with E-state index in [1.165, 1.54) is 0 Å². The molecular formula is C10H13N3. The Bertz CT molecular complexity index is 325. The topological polar surface area (TPSA) is 49.6 Å². The molecular weight excluding hydrogens is 162 g/mol. The fourth-order valence-corrected chi connectivity index (χ4v) is 1.16. The average Bonchev–Trinajstić information content (AvgIpc) is 2.14. The molecule has 0 saturated heterocycles. The summed E-state index contributed by atoms with van der Waals surface area (Å²) in [6.45, 7) is 4.02. The Morgan fingerprint density at radius 3 is 2.85 bits per heavy atom. The molecule has 0 aliphatic rings. The van der Waals surface area contributed by atoms with E-state index in [0.717, 1.165) is 23.6 Å². The highest BCUT2D eigenvalue weighted by Crippen LogP contribution is 2.03. The van der Waals surface area contributed by atoms with Gasteiger partial charge in [0.1, 0.15) is 5.82 Å². The van der Waals surface area contributed by atoms with Gasteiger partial charge in [-0.25, -0.2) is 9.97 Å². The second-order valence-corrected chi connectivity index (χ2v) is 2.93. The van der Waals surface area contributed by atoms with E-state index in [1.54, 1.807) is 0 Å². The van der Waals surface area contributed by atoms with Gasteiger partial charge in [0.25, 0.3) is 0 Å². The Labute approximate surface area is 78.5 Å². The molecule has 1 aromatic heterocycles. The summed E-state index contributed by atoms with van der Waals surface area (Å²) in [5, 5.41) is 8.42. The summed E-state index contributed by atoms with van der Waals surface area (Å²) in [7, 11) is 0. The number of nitrogens with zero attached hydrogens (tertiary/aromatic N) is 3. The first-order valence-electron chi connectivity index (χ1n) is 4.46. The van der Waals surface area contributed by atoms with Crippen molar-refractivity contribution in [2.24, 2.45) is 0 Å². The highest BCUT2D eigenvalue weighted by atomic mass is 14.9. The summed E-state index contributed by atoms with van der Waals surface area (Å²) >= 11 is 0. The predicted octanol–water partition coefficient (Wildman–Crippen LogP) is 1.80. The molecule has 0 aliphatic heterocycles. The second kappa shape index (κ2) is 4.56. The van der Waals surface area contributed by atoms with Crippen LogP contribution >= 0.6 is 0 Å². The Morgan fingerprint density at radius 2 is 2.23 bits per heavy atom. The maximum Gasteiger partial charge on any atom is 0.129 e. The number of aryl methyl sites for hydroxylation is 3. The van der Waals surface area contributed by atoms with Crippen LogP contribution in [-0.4, -0.2) is 9.97 Å². The smallest absolute Gasteiger partial charge is 0.129 e. The van der Waals surface area contributed by atoms with Crippen molar-refractivity contribution in [1.29, 1.82) is 5.26 Å². The molecule has 0 unspecified atom stereocenters. The largest absolute Gasteiger partial charge is 0.238 e. The lowest BCUT2D eigenvalue weighted by Gasteiger charge is -2.01. The zero-order chi connectivity index (χ0) is 9.68. The van der Waals surface area contributed by atoms with E-state index < -0.39 is 0 Å². The summed E-state index contributed by atoms with van der Waals surface area (Å²) in [6, 6.07) is 4.08. The van der Waals surface area contributed by atoms with Crippen molar-refractivity contribution in [2.75, 3.05) is 0 Å². The van der Waals surface area contributed by atoms with Gasteiger partial charge in [0.05, 0.1) is 6.07 Å². The molecule has 0 amide bonds. The SMILES string of the molecule is CCc1cc(C)nc(CCC#N)n1. The standard InChI is InChI=1S/C10H13N3/c1-3-9-7-8(2)12-10(13-9)5-4-6-11/h7H,3-5H2,1-2H3. The van der Waals surface area contributed by atoms with Gasteiger partial charge < -0.3 is 0 Å². The average molecular weight is 175 g/mol. The van der Waals surface area contributed by atoms with Crippen LogP contribution in [0, 0.1) is 18.3 Å². The Balaban J connectivity index is 2.83. The fraction of sp³-hybridized carbons (Fsp3) is 0.500. The first-order chi connectivity index (χ1) is 6.26. The lowest BCUT2D eigenvalue weighted by Crippen LogP contribution is -2.00. The maximum absolute atomic E-state index is 8.42. The molecule has 3 heteroatoms. The fourth-order valence-electron chi connectivity index (χ4n) is 1.16. The molecule has 68 valence electrons. The van der Waals surface area contributed by atoms with Gasteiger partial charge in [-0.05, 0) is 19.4 Å². The van der Waals surface area contributed by atoms with Gasteiger partial charge in [0.15, 0.2) is 0 Å². The van der Waals surface area contributed by atoms with Crippen LogP contribution in [0.25, 0.3) is 0 Å². The Hall–Kier alpha value is -1.43. The number of rotatable bonds is 3. The number of aromatic nitrogens is 2. The van der Waals surface area contributed by atoms with E-state index in [0.29, 0.717) is 12.8 Å². The number of hydrogen-bond acceptors (Lipinski definition) is 3. The van der Waals surface area contributed by atoms with Gasteiger partial charge in [0, 0.05) is 24.2 Å². The van der Waals surface area contributed by atoms with E-state index in [9.17, 15) is 0 Å². The minimum atomic E-state index is 0.493. The molecule has 0 N–H and O–H groups in total. The third-order valence-corrected chi connectivity index (χ3v) is 1.78. The third-order valence-electron chi connectivity index (χ3n) is 1.78. The molecule has 0 aromatic carbocycles. The van der Waals surface area contributed by atoms with Crippen molar-refractivity contribution < 1.29 is 0 Å². The molecule has 0 fully saturated rings. The van der Waals surface area contributed by atoms with Crippen LogP contribution in [0.5, 0.6) is 0 Å². The first kappa shape index (κ1) is 9.66. The lowest BCUT2D eigenvalue weighted by molar-refractivity contribution is 0.837. The van der Waals surface area contributed by atoms with Crippen LogP contribution in [0.3, 0.4) is 0 Å². The number of hydrogen-bond donors (Lipinski definition) is 0. The highest BCUT2D eigenvalue weighted by molar-refractivity contribution is 5.10. The van der Waals surface area contributed by atoms with Crippen molar-refractivity contribution in [1.82, 2.24) is 9.97 Å². The van der Waals surface area contributed by atoms with Crippen LogP contribution in [0.2, 0.25) is 0 Å². The second-order valence-electron chi connectivity index (χ2n) is 2.93. The monoisotopic (exact) mass is 175 g/mol. The number of nitriles is 1. The minimum Gasteiger partial charge on any atom is -0.238 e. The molecule has 1 aromatic rings. The Morgan fingerprint density at radius 1 is 1.46 bits per heavy atom. The molecule has 0 saturated carbocycles. The van der Waals surface area contributed by atoms with Crippen LogP contribution in [0.4, 0.5) is 0 Å². The lowest BCUT2D eigenvalue weighted by atomic mass is 10.2. The van der Waals surface area contributed by atoms with Crippen molar-refractivity contribution in [3.8, 4) is 6.07 Å². The van der Waals surface area contributed by atoms with E-state index in [-0.39, 0.29) is 0 Å². The minimum absolute atomic E-state index is 0.493. The van der Waals surface area contributed by atoms with Crippen molar-refractivity contribution in [2.45, 2.75) is 33.1 Å². The molecule has 0 spiro atoms. The molecule has 0 atom stereocenters. The van der Waals surface area contributed by atoms with Crippen LogP contribution in [0.1, 0.15) is 30.6 Å². The quantitative estimate of drug-likeness (QED) is 0.703. The van der Waals surface area contributed by atoms with E-state index >= 15 is 0 Å². The van der Waals surface area contributed by atoms with Crippen molar-refractivity contribution in [3.63, 3.8) is 0 Å². The molecule has 3 nitrogen and oxygen atoms in total. The molecule has 0 bridgehead atoms. The van der Waals surface area contributed by atoms with Gasteiger partial charge >= 0.3 is 0 Å². The summed E-state index contributed by atoms with van der Waals surface area (Å²) in [6.07, 6.45) is 2.07. The predicted molar refractivity (Wildman–Crippen MR) is 50.1 cm³/mol. The zero-order valence-corrected chi connectivity index (χ0v) is 8.04. The van der Waals surface area contributed by atoms with Crippen LogP contribution < -0.4 is 0 Å².